The third kappa shape index (κ3) is 4.31. The molecule has 100 valence electrons. The number of rotatable bonds is 3. The molecule has 0 aliphatic carbocycles. The van der Waals surface area contributed by atoms with Crippen molar-refractivity contribution in [3.63, 3.8) is 0 Å². The Balaban J connectivity index is 3.12. The number of nitrogens with zero attached hydrogens (tertiary/aromatic N) is 1. The molecule has 0 spiro atoms. The highest BCUT2D eigenvalue weighted by molar-refractivity contribution is 14.1. The lowest BCUT2D eigenvalue weighted by Crippen LogP contribution is -2.20. The molecule has 1 aromatic heterocycles. The van der Waals surface area contributed by atoms with Gasteiger partial charge >= 0.3 is 12.3 Å². The van der Waals surface area contributed by atoms with Crippen LogP contribution in [0, 0.1) is 10.5 Å². The lowest BCUT2D eigenvalue weighted by Gasteiger charge is -2.13. The summed E-state index contributed by atoms with van der Waals surface area (Å²) in [5, 5.41) is 0. The van der Waals surface area contributed by atoms with Crippen molar-refractivity contribution in [1.29, 1.82) is 0 Å². The van der Waals surface area contributed by atoms with Crippen molar-refractivity contribution >= 4 is 28.6 Å². The molecule has 8 heteroatoms. The number of hydrogen-bond acceptors (Lipinski definition) is 4. The van der Waals surface area contributed by atoms with Gasteiger partial charge in [0.1, 0.15) is 0 Å². The van der Waals surface area contributed by atoms with Crippen LogP contribution in [0.1, 0.15) is 11.3 Å². The van der Waals surface area contributed by atoms with Crippen LogP contribution in [-0.4, -0.2) is 24.4 Å². The minimum atomic E-state index is -4.85. The number of alkyl halides is 3. The van der Waals surface area contributed by atoms with Gasteiger partial charge in [-0.3, -0.25) is 4.79 Å². The molecule has 0 unspecified atom stereocenters. The molecule has 0 radical (unpaired) electrons. The third-order valence-corrected chi connectivity index (χ3v) is 3.06. The maximum absolute atomic E-state index is 12.2. The first kappa shape index (κ1) is 15.0. The second kappa shape index (κ2) is 5.72. The SMILES string of the molecule is COC(=O)Cc1cc(I)c(C)nc1OC(F)(F)F. The van der Waals surface area contributed by atoms with Crippen LogP contribution in [0.4, 0.5) is 13.2 Å². The summed E-state index contributed by atoms with van der Waals surface area (Å²) < 4.78 is 45.4. The Morgan fingerprint density at radius 2 is 2.11 bits per heavy atom. The molecule has 0 fully saturated rings. The molecule has 0 saturated heterocycles. The maximum Gasteiger partial charge on any atom is 0.574 e. The van der Waals surface area contributed by atoms with Crippen molar-refractivity contribution < 1.29 is 27.4 Å². The zero-order chi connectivity index (χ0) is 13.9. The number of aryl methyl sites for hydroxylation is 1. The lowest BCUT2D eigenvalue weighted by molar-refractivity contribution is -0.276. The predicted octanol–water partition coefficient (Wildman–Crippen LogP) is 2.61. The summed E-state index contributed by atoms with van der Waals surface area (Å²) in [5.41, 5.74) is 0.428. The highest BCUT2D eigenvalue weighted by atomic mass is 127. The van der Waals surface area contributed by atoms with E-state index in [1.54, 1.807) is 6.92 Å². The van der Waals surface area contributed by atoms with Gasteiger partial charge in [-0.1, -0.05) is 0 Å². The molecule has 1 aromatic rings. The standard InChI is InChI=1S/C10H9F3INO3/c1-5-7(14)3-6(4-8(16)17-2)9(15-5)18-10(11,12)13/h3H,4H2,1-2H3. The Kier molecular flexibility index (Phi) is 4.77. The number of esters is 1. The summed E-state index contributed by atoms with van der Waals surface area (Å²) in [4.78, 5) is 14.8. The van der Waals surface area contributed by atoms with Gasteiger partial charge in [0, 0.05) is 9.13 Å². The van der Waals surface area contributed by atoms with Crippen LogP contribution in [0.25, 0.3) is 0 Å². The largest absolute Gasteiger partial charge is 0.574 e. The first-order valence-corrected chi connectivity index (χ1v) is 5.79. The number of carbonyl (C=O) groups is 1. The summed E-state index contributed by atoms with van der Waals surface area (Å²) in [5.74, 6) is -1.28. The van der Waals surface area contributed by atoms with Crippen molar-refractivity contribution in [2.75, 3.05) is 7.11 Å². The number of ether oxygens (including phenoxy) is 2. The molecule has 0 N–H and O–H groups in total. The lowest BCUT2D eigenvalue weighted by atomic mass is 10.2. The molecule has 1 heterocycles. The molecular weight excluding hydrogens is 366 g/mol. The molecule has 0 atom stereocenters. The second-order valence-electron chi connectivity index (χ2n) is 3.32. The average molecular weight is 375 g/mol. The Labute approximate surface area is 115 Å². The van der Waals surface area contributed by atoms with Gasteiger partial charge in [-0.25, -0.2) is 4.98 Å². The highest BCUT2D eigenvalue weighted by Gasteiger charge is 2.33. The fraction of sp³-hybridized carbons (Fsp3) is 0.400. The monoisotopic (exact) mass is 375 g/mol. The zero-order valence-corrected chi connectivity index (χ0v) is 11.6. The number of aromatic nitrogens is 1. The van der Waals surface area contributed by atoms with Crippen LogP contribution in [0.3, 0.4) is 0 Å². The van der Waals surface area contributed by atoms with E-state index in [4.69, 9.17) is 0 Å². The van der Waals surface area contributed by atoms with E-state index >= 15 is 0 Å². The van der Waals surface area contributed by atoms with Gasteiger partial charge < -0.3 is 9.47 Å². The Morgan fingerprint density at radius 3 is 2.61 bits per heavy atom. The van der Waals surface area contributed by atoms with E-state index < -0.39 is 18.2 Å². The Morgan fingerprint density at radius 1 is 1.50 bits per heavy atom. The van der Waals surface area contributed by atoms with E-state index in [1.807, 2.05) is 22.6 Å². The van der Waals surface area contributed by atoms with Gasteiger partial charge in [-0.2, -0.15) is 0 Å². The molecule has 0 aromatic carbocycles. The normalized spacial score (nSPS) is 11.2. The first-order valence-electron chi connectivity index (χ1n) is 4.71. The van der Waals surface area contributed by atoms with Gasteiger partial charge in [-0.15, -0.1) is 13.2 Å². The van der Waals surface area contributed by atoms with Crippen molar-refractivity contribution in [2.45, 2.75) is 19.7 Å². The predicted molar refractivity (Wildman–Crippen MR) is 64.1 cm³/mol. The maximum atomic E-state index is 12.2. The van der Waals surface area contributed by atoms with Crippen LogP contribution < -0.4 is 4.74 Å². The van der Waals surface area contributed by atoms with Gasteiger partial charge in [-0.05, 0) is 35.6 Å². The van der Waals surface area contributed by atoms with Gasteiger partial charge in [0.2, 0.25) is 5.88 Å². The fourth-order valence-electron chi connectivity index (χ4n) is 1.15. The van der Waals surface area contributed by atoms with Crippen LogP contribution in [-0.2, 0) is 16.0 Å². The van der Waals surface area contributed by atoms with Crippen LogP contribution in [0.5, 0.6) is 5.88 Å². The molecule has 0 bridgehead atoms. The van der Waals surface area contributed by atoms with E-state index in [0.29, 0.717) is 9.26 Å². The van der Waals surface area contributed by atoms with E-state index in [0.717, 1.165) is 7.11 Å². The van der Waals surface area contributed by atoms with E-state index in [9.17, 15) is 18.0 Å². The second-order valence-corrected chi connectivity index (χ2v) is 4.48. The van der Waals surface area contributed by atoms with Crippen LogP contribution >= 0.6 is 22.6 Å². The van der Waals surface area contributed by atoms with Crippen molar-refractivity contribution in [1.82, 2.24) is 4.98 Å². The van der Waals surface area contributed by atoms with Crippen molar-refractivity contribution in [2.24, 2.45) is 0 Å². The van der Waals surface area contributed by atoms with Crippen molar-refractivity contribution in [3.8, 4) is 5.88 Å². The van der Waals surface area contributed by atoms with Gasteiger partial charge in [0.05, 0.1) is 19.2 Å². The molecule has 0 amide bonds. The minimum absolute atomic E-state index is 0.0363. The van der Waals surface area contributed by atoms with Gasteiger partial charge in [0.25, 0.3) is 0 Å². The first-order chi connectivity index (χ1) is 8.23. The Hall–Kier alpha value is -1.06. The van der Waals surface area contributed by atoms with Crippen LogP contribution in [0.2, 0.25) is 0 Å². The summed E-state index contributed by atoms with van der Waals surface area (Å²) in [6.07, 6.45) is -5.18. The summed E-state index contributed by atoms with van der Waals surface area (Å²) in [7, 11) is 1.15. The number of hydrogen-bond donors (Lipinski definition) is 0. The van der Waals surface area contributed by atoms with Gasteiger partial charge in [0.15, 0.2) is 0 Å². The summed E-state index contributed by atoms with van der Waals surface area (Å²) >= 11 is 1.91. The molecule has 18 heavy (non-hydrogen) atoms. The highest BCUT2D eigenvalue weighted by Crippen LogP contribution is 2.27. The number of methoxy groups -OCH3 is 1. The number of halogens is 4. The topological polar surface area (TPSA) is 48.4 Å². The molecule has 0 aliphatic heterocycles. The number of carbonyl (C=O) groups excluding carboxylic acids is 1. The molecule has 4 nitrogen and oxygen atoms in total. The Bertz CT molecular complexity index is 462. The molecular formula is C10H9F3INO3. The average Bonchev–Trinajstić information content (AvgIpc) is 2.23. The molecule has 0 aliphatic rings. The molecule has 1 rings (SSSR count). The summed E-state index contributed by atoms with van der Waals surface area (Å²) in [6, 6.07) is 1.42. The summed E-state index contributed by atoms with van der Waals surface area (Å²) in [6.45, 7) is 1.55. The smallest absolute Gasteiger partial charge is 0.469 e. The zero-order valence-electron chi connectivity index (χ0n) is 9.47. The van der Waals surface area contributed by atoms with E-state index in [2.05, 4.69) is 14.5 Å². The van der Waals surface area contributed by atoms with Crippen LogP contribution in [0.15, 0.2) is 6.07 Å². The number of pyridine rings is 1. The van der Waals surface area contributed by atoms with E-state index in [1.165, 1.54) is 6.07 Å². The third-order valence-electron chi connectivity index (χ3n) is 1.97. The van der Waals surface area contributed by atoms with Crippen molar-refractivity contribution in [3.05, 3.63) is 20.9 Å². The fourth-order valence-corrected chi connectivity index (χ4v) is 1.65. The minimum Gasteiger partial charge on any atom is -0.469 e. The quantitative estimate of drug-likeness (QED) is 0.602. The van der Waals surface area contributed by atoms with E-state index in [-0.39, 0.29) is 12.0 Å². The molecule has 0 saturated carbocycles.